The molecule has 0 bridgehead atoms. The molecule has 5 heterocycles. The van der Waals surface area contributed by atoms with E-state index in [4.69, 9.17) is 10.1 Å². The maximum Gasteiger partial charge on any atom is 0.318 e. The third-order valence-electron chi connectivity index (χ3n) is 9.34. The van der Waals surface area contributed by atoms with Gasteiger partial charge in [0, 0.05) is 59.5 Å². The molecule has 0 saturated carbocycles. The number of nitrogens with one attached hydrogen (secondary N) is 2. The number of likely N-dealkylation sites (tertiary alicyclic amines) is 1. The first-order valence-electron chi connectivity index (χ1n) is 14.0. The molecule has 1 saturated heterocycles. The maximum absolute atomic E-state index is 13.1. The van der Waals surface area contributed by atoms with Crippen LogP contribution in [0.25, 0.3) is 22.3 Å². The summed E-state index contributed by atoms with van der Waals surface area (Å²) >= 11 is 0. The fourth-order valence-corrected chi connectivity index (χ4v) is 6.34. The van der Waals surface area contributed by atoms with E-state index >= 15 is 0 Å². The van der Waals surface area contributed by atoms with Crippen LogP contribution in [0.1, 0.15) is 63.8 Å². The van der Waals surface area contributed by atoms with Crippen molar-refractivity contribution in [3.05, 3.63) is 84.3 Å². The Morgan fingerprint density at radius 2 is 1.95 bits per heavy atom. The molecule has 2 unspecified atom stereocenters. The van der Waals surface area contributed by atoms with Gasteiger partial charge in [-0.3, -0.25) is 4.68 Å². The topological polar surface area (TPSA) is 78.8 Å². The van der Waals surface area contributed by atoms with E-state index in [1.54, 1.807) is 0 Å². The molecular weight excluding hydrogens is 484 g/mol. The van der Waals surface area contributed by atoms with Gasteiger partial charge < -0.3 is 15.2 Å². The van der Waals surface area contributed by atoms with Gasteiger partial charge in [0.25, 0.3) is 0 Å². The molecule has 202 valence electrons. The van der Waals surface area contributed by atoms with Gasteiger partial charge in [-0.15, -0.1) is 6.58 Å². The molecule has 39 heavy (non-hydrogen) atoms. The molecule has 6 rings (SSSR count). The summed E-state index contributed by atoms with van der Waals surface area (Å²) in [6.45, 7) is 14.8. The van der Waals surface area contributed by atoms with Gasteiger partial charge in [-0.2, -0.15) is 5.10 Å². The molecule has 2 aliphatic rings. The van der Waals surface area contributed by atoms with Crippen LogP contribution in [0, 0.1) is 0 Å². The first kappa shape index (κ1) is 25.4. The van der Waals surface area contributed by atoms with Crippen molar-refractivity contribution in [2.24, 2.45) is 0 Å². The molecule has 7 nitrogen and oxygen atoms in total. The van der Waals surface area contributed by atoms with Gasteiger partial charge in [0.1, 0.15) is 5.65 Å². The molecule has 2 N–H and O–H groups in total. The molecule has 3 aromatic heterocycles. The quantitative estimate of drug-likeness (QED) is 0.298. The molecule has 1 aromatic carbocycles. The molecule has 4 aromatic rings. The number of urea groups is 1. The van der Waals surface area contributed by atoms with E-state index in [1.807, 2.05) is 24.1 Å². The van der Waals surface area contributed by atoms with Gasteiger partial charge in [-0.25, -0.2) is 9.78 Å². The number of rotatable bonds is 6. The van der Waals surface area contributed by atoms with E-state index in [0.29, 0.717) is 6.54 Å². The number of fused-ring (bicyclic) bond motifs is 3. The average molecular weight is 523 g/mol. The van der Waals surface area contributed by atoms with Crippen molar-refractivity contribution in [2.45, 2.75) is 69.9 Å². The van der Waals surface area contributed by atoms with Crippen molar-refractivity contribution in [3.8, 4) is 11.3 Å². The van der Waals surface area contributed by atoms with Gasteiger partial charge in [0.05, 0.1) is 11.2 Å². The Balaban J connectivity index is 1.29. The van der Waals surface area contributed by atoms with E-state index in [2.05, 4.69) is 91.0 Å². The zero-order chi connectivity index (χ0) is 27.4. The Hall–Kier alpha value is -3.87. The lowest BCUT2D eigenvalue weighted by atomic mass is 9.78. The minimum absolute atomic E-state index is 0.00927. The molecule has 0 radical (unpaired) electrons. The number of H-pyrrole nitrogens is 1. The number of aromatic amines is 1. The number of nitrogens with zero attached hydrogens (tertiary/aromatic N) is 4. The Kier molecular flexibility index (Phi) is 5.93. The molecule has 2 aliphatic heterocycles. The minimum atomic E-state index is -0.394. The second-order valence-corrected chi connectivity index (χ2v) is 12.1. The molecule has 7 heteroatoms. The molecule has 0 aliphatic carbocycles. The number of hydrogen-bond acceptors (Lipinski definition) is 3. The summed E-state index contributed by atoms with van der Waals surface area (Å²) in [4.78, 5) is 23.2. The van der Waals surface area contributed by atoms with Gasteiger partial charge in [-0.05, 0) is 49.4 Å². The highest BCUT2D eigenvalue weighted by atomic mass is 16.2. The number of aromatic nitrogens is 4. The lowest BCUT2D eigenvalue weighted by Crippen LogP contribution is -2.50. The Morgan fingerprint density at radius 3 is 2.69 bits per heavy atom. The Labute approximate surface area is 230 Å². The summed E-state index contributed by atoms with van der Waals surface area (Å²) in [5.41, 5.74) is 5.94. The molecule has 1 fully saturated rings. The van der Waals surface area contributed by atoms with Crippen molar-refractivity contribution in [1.29, 1.82) is 0 Å². The van der Waals surface area contributed by atoms with Crippen LogP contribution in [0.4, 0.5) is 4.79 Å². The number of aryl methyl sites for hydroxylation is 1. The second kappa shape index (κ2) is 9.11. The highest BCUT2D eigenvalue weighted by Crippen LogP contribution is 2.44. The van der Waals surface area contributed by atoms with Gasteiger partial charge >= 0.3 is 6.03 Å². The van der Waals surface area contributed by atoms with Crippen molar-refractivity contribution in [1.82, 2.24) is 30.0 Å². The van der Waals surface area contributed by atoms with Crippen molar-refractivity contribution < 1.29 is 4.79 Å². The largest absolute Gasteiger partial charge is 0.346 e. The Bertz CT molecular complexity index is 1550. The van der Waals surface area contributed by atoms with Crippen LogP contribution >= 0.6 is 0 Å². The lowest BCUT2D eigenvalue weighted by molar-refractivity contribution is 0.196. The van der Waals surface area contributed by atoms with Crippen molar-refractivity contribution in [2.75, 3.05) is 13.1 Å². The third kappa shape index (κ3) is 4.15. The number of carbonyl (C=O) groups is 1. The summed E-state index contributed by atoms with van der Waals surface area (Å²) in [6.07, 6.45) is 8.60. The van der Waals surface area contributed by atoms with E-state index < -0.39 is 5.54 Å². The van der Waals surface area contributed by atoms with E-state index in [1.165, 1.54) is 16.8 Å². The van der Waals surface area contributed by atoms with Crippen LogP contribution in [-0.2, 0) is 17.4 Å². The fraction of sp³-hybridized carbons (Fsp3) is 0.406. The number of amides is 2. The summed E-state index contributed by atoms with van der Waals surface area (Å²) in [7, 11) is 0. The van der Waals surface area contributed by atoms with Crippen LogP contribution in [0.15, 0.2) is 67.5 Å². The molecule has 2 amide bonds. The summed E-state index contributed by atoms with van der Waals surface area (Å²) < 4.78 is 2.15. The average Bonchev–Trinajstić information content (AvgIpc) is 3.73. The standard InChI is InChI=1S/C32H38N6O/c1-6-31(5,7-2)35-29(39)37-15-13-32(21-37)14-16-38-27(32)18-26(36-38)22-17-24-25(20-34-28(24)33-19-22)30(3,4)23-11-9-8-10-12-23/h6,8-12,17-20H,1,7,13-16,21H2,2-5H3,(H,33,34)(H,35,39). The summed E-state index contributed by atoms with van der Waals surface area (Å²) in [6, 6.07) is 15.0. The number of benzene rings is 1. The molecule has 1 spiro atoms. The molecular formula is C32H38N6O. The minimum Gasteiger partial charge on any atom is -0.346 e. The van der Waals surface area contributed by atoms with E-state index in [-0.39, 0.29) is 16.9 Å². The van der Waals surface area contributed by atoms with Gasteiger partial charge in [0.15, 0.2) is 0 Å². The lowest BCUT2D eigenvalue weighted by Gasteiger charge is -2.30. The molecule has 2 atom stereocenters. The summed E-state index contributed by atoms with van der Waals surface area (Å²) in [5, 5.41) is 9.31. The maximum atomic E-state index is 13.1. The number of pyridine rings is 1. The fourth-order valence-electron chi connectivity index (χ4n) is 6.34. The van der Waals surface area contributed by atoms with Crippen molar-refractivity contribution >= 4 is 17.1 Å². The third-order valence-corrected chi connectivity index (χ3v) is 9.34. The normalized spacial score (nSPS) is 20.4. The van der Waals surface area contributed by atoms with Crippen molar-refractivity contribution in [3.63, 3.8) is 0 Å². The van der Waals surface area contributed by atoms with Crippen LogP contribution in [0.2, 0.25) is 0 Å². The zero-order valence-electron chi connectivity index (χ0n) is 23.4. The predicted molar refractivity (Wildman–Crippen MR) is 156 cm³/mol. The van der Waals surface area contributed by atoms with Gasteiger partial charge in [0.2, 0.25) is 0 Å². The van der Waals surface area contributed by atoms with Gasteiger partial charge in [-0.1, -0.05) is 57.2 Å². The highest BCUT2D eigenvalue weighted by Gasteiger charge is 2.47. The number of carbonyl (C=O) groups excluding carboxylic acids is 1. The van der Waals surface area contributed by atoms with Crippen LogP contribution in [0.5, 0.6) is 0 Å². The smallest absolute Gasteiger partial charge is 0.318 e. The van der Waals surface area contributed by atoms with Crippen LogP contribution in [-0.4, -0.2) is 49.3 Å². The SMILES string of the molecule is C=CC(C)(CC)NC(=O)N1CCC2(CCn3nc(-c4cnc5[nH]cc(C(C)(C)c6ccccc6)c5c4)cc32)C1. The monoisotopic (exact) mass is 522 g/mol. The van der Waals surface area contributed by atoms with Crippen LogP contribution in [0.3, 0.4) is 0 Å². The van der Waals surface area contributed by atoms with E-state index in [9.17, 15) is 4.79 Å². The Morgan fingerprint density at radius 1 is 1.18 bits per heavy atom. The number of hydrogen-bond donors (Lipinski definition) is 2. The summed E-state index contributed by atoms with van der Waals surface area (Å²) in [5.74, 6) is 0. The predicted octanol–water partition coefficient (Wildman–Crippen LogP) is 6.16. The van der Waals surface area contributed by atoms with Crippen LogP contribution < -0.4 is 5.32 Å². The second-order valence-electron chi connectivity index (χ2n) is 12.1. The zero-order valence-corrected chi connectivity index (χ0v) is 23.4. The van der Waals surface area contributed by atoms with E-state index in [0.717, 1.165) is 54.6 Å². The highest BCUT2D eigenvalue weighted by molar-refractivity contribution is 5.85. The first-order chi connectivity index (χ1) is 18.7. The first-order valence-corrected chi connectivity index (χ1v) is 14.0.